The van der Waals surface area contributed by atoms with Gasteiger partial charge in [-0.15, -0.1) is 0 Å². The maximum absolute atomic E-state index is 12.7. The van der Waals surface area contributed by atoms with Gasteiger partial charge in [-0.1, -0.05) is 29.8 Å². The van der Waals surface area contributed by atoms with E-state index in [1.807, 2.05) is 31.2 Å². The predicted molar refractivity (Wildman–Crippen MR) is 95.0 cm³/mol. The number of halogens is 2. The van der Waals surface area contributed by atoms with Crippen LogP contribution in [0.25, 0.3) is 23.1 Å². The van der Waals surface area contributed by atoms with Gasteiger partial charge in [0.05, 0.1) is 18.3 Å². The zero-order chi connectivity index (χ0) is 17.8. The molecule has 0 unspecified atom stereocenters. The zero-order valence-corrected chi connectivity index (χ0v) is 13.9. The molecule has 2 aromatic carbocycles. The second kappa shape index (κ2) is 7.30. The number of nitrogens with zero attached hydrogens (tertiary/aromatic N) is 1. The van der Waals surface area contributed by atoms with Crippen LogP contribution in [0.15, 0.2) is 48.5 Å². The lowest BCUT2D eigenvalue weighted by atomic mass is 10.1. The highest BCUT2D eigenvalue weighted by molar-refractivity contribution is 5.82. The number of alkyl halides is 2. The number of rotatable bonds is 5. The highest BCUT2D eigenvalue weighted by atomic mass is 19.3. The van der Waals surface area contributed by atoms with Crippen LogP contribution in [0.4, 0.5) is 8.78 Å². The average molecular weight is 341 g/mol. The summed E-state index contributed by atoms with van der Waals surface area (Å²) in [5, 5.41) is 1.06. The topological polar surface area (TPSA) is 31.4 Å². The Labute approximate surface area is 144 Å². The van der Waals surface area contributed by atoms with Crippen molar-refractivity contribution in [1.29, 1.82) is 0 Å². The van der Waals surface area contributed by atoms with Gasteiger partial charge < -0.3 is 9.47 Å². The van der Waals surface area contributed by atoms with Gasteiger partial charge in [-0.25, -0.2) is 4.98 Å². The van der Waals surface area contributed by atoms with Crippen LogP contribution < -0.4 is 9.47 Å². The van der Waals surface area contributed by atoms with Crippen LogP contribution in [0.5, 0.6) is 11.5 Å². The van der Waals surface area contributed by atoms with Crippen LogP contribution in [0.3, 0.4) is 0 Å². The first-order chi connectivity index (χ1) is 12.1. The van der Waals surface area contributed by atoms with Crippen LogP contribution in [0.1, 0.15) is 16.8 Å². The first-order valence-electron chi connectivity index (χ1n) is 7.74. The second-order valence-corrected chi connectivity index (χ2v) is 5.52. The van der Waals surface area contributed by atoms with E-state index in [2.05, 4.69) is 15.8 Å². The van der Waals surface area contributed by atoms with Crippen LogP contribution >= 0.6 is 0 Å². The lowest BCUT2D eigenvalue weighted by Gasteiger charge is -2.12. The Morgan fingerprint density at radius 2 is 1.88 bits per heavy atom. The van der Waals surface area contributed by atoms with Gasteiger partial charge in [0, 0.05) is 10.9 Å². The van der Waals surface area contributed by atoms with Gasteiger partial charge in [0.1, 0.15) is 0 Å². The molecule has 25 heavy (non-hydrogen) atoms. The molecule has 3 rings (SSSR count). The van der Waals surface area contributed by atoms with Crippen molar-refractivity contribution < 1.29 is 18.3 Å². The Hall–Kier alpha value is -2.95. The van der Waals surface area contributed by atoms with Crippen molar-refractivity contribution in [3.05, 3.63) is 65.4 Å². The molecule has 3 nitrogen and oxygen atoms in total. The first-order valence-corrected chi connectivity index (χ1v) is 7.74. The maximum Gasteiger partial charge on any atom is 0.387 e. The number of para-hydroxylation sites is 1. The number of aryl methyl sites for hydroxylation is 1. The Morgan fingerprint density at radius 1 is 1.04 bits per heavy atom. The minimum absolute atomic E-state index is 0.00710. The van der Waals surface area contributed by atoms with Gasteiger partial charge in [-0.2, -0.15) is 8.78 Å². The number of benzene rings is 2. The Balaban J connectivity index is 1.95. The fraction of sp³-hybridized carbons (Fsp3) is 0.150. The summed E-state index contributed by atoms with van der Waals surface area (Å²) in [4.78, 5) is 4.56. The highest BCUT2D eigenvalue weighted by Crippen LogP contribution is 2.33. The summed E-state index contributed by atoms with van der Waals surface area (Å²) in [6.07, 6.45) is 3.44. The van der Waals surface area contributed by atoms with Gasteiger partial charge in [0.25, 0.3) is 0 Å². The Morgan fingerprint density at radius 3 is 2.64 bits per heavy atom. The van der Waals surface area contributed by atoms with Crippen molar-refractivity contribution >= 4 is 23.1 Å². The van der Waals surface area contributed by atoms with E-state index in [0.717, 1.165) is 16.6 Å². The molecular weight excluding hydrogens is 324 g/mol. The quantitative estimate of drug-likeness (QED) is 0.629. The first kappa shape index (κ1) is 16.9. The minimum atomic E-state index is -2.93. The molecule has 0 bridgehead atoms. The van der Waals surface area contributed by atoms with Crippen molar-refractivity contribution in [3.8, 4) is 11.5 Å². The molecule has 0 aliphatic rings. The van der Waals surface area contributed by atoms with Gasteiger partial charge in [0.15, 0.2) is 11.5 Å². The third-order valence-corrected chi connectivity index (χ3v) is 3.74. The van der Waals surface area contributed by atoms with E-state index in [1.54, 1.807) is 30.4 Å². The van der Waals surface area contributed by atoms with E-state index in [4.69, 9.17) is 4.74 Å². The molecule has 1 aromatic heterocycles. The zero-order valence-electron chi connectivity index (χ0n) is 13.9. The summed E-state index contributed by atoms with van der Waals surface area (Å²) < 4.78 is 35.1. The van der Waals surface area contributed by atoms with Crippen molar-refractivity contribution in [2.24, 2.45) is 0 Å². The summed E-state index contributed by atoms with van der Waals surface area (Å²) in [6, 6.07) is 14.9. The normalized spacial score (nSPS) is 11.4. The van der Waals surface area contributed by atoms with Gasteiger partial charge in [0.2, 0.25) is 0 Å². The molecule has 0 aliphatic carbocycles. The van der Waals surface area contributed by atoms with Crippen molar-refractivity contribution in [3.63, 3.8) is 0 Å². The lowest BCUT2D eigenvalue weighted by Crippen LogP contribution is -2.04. The van der Waals surface area contributed by atoms with E-state index in [1.165, 1.54) is 12.7 Å². The number of fused-ring (bicyclic) bond motifs is 1. The molecule has 0 spiro atoms. The maximum atomic E-state index is 12.7. The predicted octanol–water partition coefficient (Wildman–Crippen LogP) is 5.32. The minimum Gasteiger partial charge on any atom is -0.493 e. The number of aromatic nitrogens is 1. The summed E-state index contributed by atoms with van der Waals surface area (Å²) >= 11 is 0. The van der Waals surface area contributed by atoms with Crippen LogP contribution in [-0.4, -0.2) is 18.7 Å². The van der Waals surface area contributed by atoms with E-state index in [9.17, 15) is 8.78 Å². The smallest absolute Gasteiger partial charge is 0.387 e. The summed E-state index contributed by atoms with van der Waals surface area (Å²) in [7, 11) is 1.41. The van der Waals surface area contributed by atoms with Crippen molar-refractivity contribution in [2.45, 2.75) is 13.5 Å². The lowest BCUT2D eigenvalue weighted by molar-refractivity contribution is -0.0513. The number of hydrogen-bond donors (Lipinski definition) is 0. The molecule has 5 heteroatoms. The monoisotopic (exact) mass is 341 g/mol. The molecule has 0 saturated carbocycles. The molecular formula is C20H17F2NO2. The van der Waals surface area contributed by atoms with E-state index >= 15 is 0 Å². The summed E-state index contributed by atoms with van der Waals surface area (Å²) in [5.74, 6) is 0.261. The van der Waals surface area contributed by atoms with Crippen LogP contribution in [-0.2, 0) is 0 Å². The highest BCUT2D eigenvalue weighted by Gasteiger charge is 2.13. The fourth-order valence-electron chi connectivity index (χ4n) is 2.57. The largest absolute Gasteiger partial charge is 0.493 e. The van der Waals surface area contributed by atoms with Crippen LogP contribution in [0, 0.1) is 6.92 Å². The Bertz CT molecular complexity index is 923. The number of methoxy groups -OCH3 is 1. The van der Waals surface area contributed by atoms with Crippen molar-refractivity contribution in [2.75, 3.05) is 7.11 Å². The molecule has 0 aliphatic heterocycles. The molecule has 128 valence electrons. The average Bonchev–Trinajstić information content (AvgIpc) is 2.60. The fourth-order valence-corrected chi connectivity index (χ4v) is 2.57. The SMILES string of the molecule is COc1cccc(/C=C/c2ccc3cc(C)ccc3n2)c1OC(F)F. The van der Waals surface area contributed by atoms with Gasteiger partial charge in [-0.05, 0) is 43.3 Å². The summed E-state index contributed by atoms with van der Waals surface area (Å²) in [6.45, 7) is -0.897. The third-order valence-electron chi connectivity index (χ3n) is 3.74. The molecule has 0 fully saturated rings. The molecule has 3 aromatic rings. The van der Waals surface area contributed by atoms with E-state index < -0.39 is 6.61 Å². The summed E-state index contributed by atoms with van der Waals surface area (Å²) in [5.41, 5.74) is 3.26. The molecule has 1 heterocycles. The van der Waals surface area contributed by atoms with E-state index in [-0.39, 0.29) is 11.5 Å². The Kier molecular flexibility index (Phi) is 4.93. The van der Waals surface area contributed by atoms with Gasteiger partial charge >= 0.3 is 6.61 Å². The molecule has 0 N–H and O–H groups in total. The standard InChI is InChI=1S/C20H17F2NO2/c1-13-6-11-17-15(12-13)8-10-16(23-17)9-7-14-4-3-5-18(24-2)19(14)25-20(21)22/h3-12,20H,1-2H3/b9-7+. The number of ether oxygens (including phenoxy) is 2. The van der Waals surface area contributed by atoms with E-state index in [0.29, 0.717) is 5.56 Å². The second-order valence-electron chi connectivity index (χ2n) is 5.52. The van der Waals surface area contributed by atoms with Gasteiger partial charge in [-0.3, -0.25) is 0 Å². The molecule has 0 amide bonds. The molecule has 0 atom stereocenters. The number of hydrogen-bond acceptors (Lipinski definition) is 3. The third kappa shape index (κ3) is 3.94. The molecule has 0 saturated heterocycles. The molecule has 0 radical (unpaired) electrons. The van der Waals surface area contributed by atoms with Crippen molar-refractivity contribution in [1.82, 2.24) is 4.98 Å². The van der Waals surface area contributed by atoms with Crippen LogP contribution in [0.2, 0.25) is 0 Å². The number of pyridine rings is 1.